The summed E-state index contributed by atoms with van der Waals surface area (Å²) in [6.45, 7) is 1.36. The van der Waals surface area contributed by atoms with Gasteiger partial charge in [-0.3, -0.25) is 32.8 Å². The largest absolute Gasteiger partial charge is 0.510 e. The van der Waals surface area contributed by atoms with Crippen molar-refractivity contribution in [1.82, 2.24) is 20.0 Å². The molecule has 24 heteroatoms. The van der Waals surface area contributed by atoms with Crippen molar-refractivity contribution >= 4 is 65.0 Å². The Morgan fingerprint density at radius 3 is 1.99 bits per heavy atom. The number of halogens is 2. The monoisotopic (exact) mass is 996 g/mol. The maximum absolute atomic E-state index is 16.5. The first-order chi connectivity index (χ1) is 32.8. The van der Waals surface area contributed by atoms with Gasteiger partial charge in [-0.15, -0.1) is 11.3 Å². The number of thiophene rings is 1. The van der Waals surface area contributed by atoms with Gasteiger partial charge in [0.15, 0.2) is 0 Å². The van der Waals surface area contributed by atoms with Gasteiger partial charge in [0.1, 0.15) is 24.3 Å². The molecule has 4 amide bonds. The number of likely N-dealkylation sites (tertiary alicyclic amines) is 1. The number of nitrogens with one attached hydrogen (secondary N) is 1. The highest BCUT2D eigenvalue weighted by atomic mass is 32.1. The van der Waals surface area contributed by atoms with Crippen LogP contribution < -0.4 is 5.32 Å². The van der Waals surface area contributed by atoms with Crippen molar-refractivity contribution < 1.29 is 84.3 Å². The molecule has 0 radical (unpaired) electrons. The fourth-order valence-electron chi connectivity index (χ4n) is 9.84. The number of nitrogens with zero attached hydrogens (tertiary/aromatic N) is 3. The minimum atomic E-state index is -5.72. The average molecular weight is 997 g/mol. The van der Waals surface area contributed by atoms with Crippen LogP contribution in [0.1, 0.15) is 73.0 Å². The van der Waals surface area contributed by atoms with E-state index in [0.29, 0.717) is 108 Å². The standard InChI is InChI=1S/C44H55F2N4O16PS/c45-44(46,67(57,63-24-61-42(55)65-32-5-11-58-12-6-32)64-25-62-43(56)66-33-7-13-59-14-8-33)30-1-4-36-28(18-30)21-37(68-36)38(51)47-34-20-27-17-26(27)19-31-2-3-35(50(31)40(34)53)41(54)49-22-29(23-49)39(52)48-9-15-60-16-10-48/h1,4,18,21,26-27,29,31-35H,2-3,5-17,19-20,22-25H2,(H,47,51)/t26-,27+,31-,34+,35+/m1/s1. The summed E-state index contributed by atoms with van der Waals surface area (Å²) in [6, 6.07) is 2.80. The number of fused-ring (bicyclic) bond motifs is 3. The molecule has 2 aromatic rings. The fourth-order valence-corrected chi connectivity index (χ4v) is 12.0. The number of alkyl halides is 2. The van der Waals surface area contributed by atoms with Crippen LogP contribution in [0, 0.1) is 17.8 Å². The highest BCUT2D eigenvalue weighted by Gasteiger charge is 2.56. The summed E-state index contributed by atoms with van der Waals surface area (Å²) in [5.41, 5.74) is -5.31. The van der Waals surface area contributed by atoms with Gasteiger partial charge < -0.3 is 53.2 Å². The van der Waals surface area contributed by atoms with Crippen molar-refractivity contribution in [2.45, 2.75) is 93.8 Å². The van der Waals surface area contributed by atoms with Crippen LogP contribution in [-0.4, -0.2) is 160 Å². The number of hydrogen-bond acceptors (Lipinski definition) is 17. The van der Waals surface area contributed by atoms with Crippen LogP contribution in [0.25, 0.3) is 10.1 Å². The van der Waals surface area contributed by atoms with E-state index in [1.165, 1.54) is 12.1 Å². The van der Waals surface area contributed by atoms with Crippen molar-refractivity contribution in [2.75, 3.05) is 79.4 Å². The van der Waals surface area contributed by atoms with Crippen LogP contribution in [0.5, 0.6) is 0 Å². The van der Waals surface area contributed by atoms with Crippen molar-refractivity contribution in [2.24, 2.45) is 17.8 Å². The summed E-state index contributed by atoms with van der Waals surface area (Å²) in [5.74, 6) is -0.901. The summed E-state index contributed by atoms with van der Waals surface area (Å²) in [7, 11) is -5.72. The minimum Gasteiger partial charge on any atom is -0.431 e. The van der Waals surface area contributed by atoms with Gasteiger partial charge >= 0.3 is 25.6 Å². The maximum atomic E-state index is 16.5. The number of amides is 4. The molecular weight excluding hydrogens is 942 g/mol. The molecule has 7 fully saturated rings. The molecule has 5 atom stereocenters. The molecule has 0 unspecified atom stereocenters. The SMILES string of the molecule is O=C(OCOP(=O)(OCOC(=O)OC1CCOCC1)C(F)(F)c1ccc2sc(C(=O)N[C@H]3C[C@@H]4C[C@@H]4C[C@H]4CC[C@@H](C(=O)N5CC(C(=O)N6CCOCC6)C5)N4C3=O)cc2c1)OC1CCOCC1. The highest BCUT2D eigenvalue weighted by Crippen LogP contribution is 2.67. The van der Waals surface area contributed by atoms with Gasteiger partial charge in [-0.2, -0.15) is 8.78 Å². The summed E-state index contributed by atoms with van der Waals surface area (Å²) in [4.78, 5) is 85.2. The third-order valence-corrected chi connectivity index (χ3v) is 16.7. The Bertz CT molecular complexity index is 2220. The Morgan fingerprint density at radius 2 is 1.35 bits per heavy atom. The number of carbonyl (C=O) groups excluding carboxylic acids is 6. The van der Waals surface area contributed by atoms with Gasteiger partial charge in [0, 0.05) is 68.2 Å². The topological polar surface area (TPSA) is 224 Å². The fraction of sp³-hybridized carbons (Fsp3) is 0.682. The molecule has 6 saturated heterocycles. The lowest BCUT2D eigenvalue weighted by Gasteiger charge is -2.44. The average Bonchev–Trinajstić information content (AvgIpc) is 3.66. The molecule has 0 spiro atoms. The summed E-state index contributed by atoms with van der Waals surface area (Å²) in [5, 5.41) is 3.05. The van der Waals surface area contributed by atoms with Crippen molar-refractivity contribution in [3.05, 3.63) is 34.7 Å². The van der Waals surface area contributed by atoms with Crippen LogP contribution in [-0.2, 0) is 66.8 Å². The highest BCUT2D eigenvalue weighted by molar-refractivity contribution is 7.54. The van der Waals surface area contributed by atoms with Gasteiger partial charge in [-0.25, -0.2) is 9.59 Å². The van der Waals surface area contributed by atoms with Gasteiger partial charge in [0.25, 0.3) is 5.91 Å². The van der Waals surface area contributed by atoms with Crippen molar-refractivity contribution in [3.63, 3.8) is 0 Å². The van der Waals surface area contributed by atoms with Crippen LogP contribution >= 0.6 is 18.9 Å². The van der Waals surface area contributed by atoms with E-state index < -0.39 is 74.9 Å². The van der Waals surface area contributed by atoms with E-state index >= 15 is 8.78 Å². The molecule has 7 aliphatic rings. The number of carbonyl (C=O) groups is 6. The lowest BCUT2D eigenvalue weighted by Crippen LogP contribution is -2.62. The molecular formula is C44H55F2N4O16PS. The molecule has 1 saturated carbocycles. The van der Waals surface area contributed by atoms with Crippen LogP contribution in [0.15, 0.2) is 24.3 Å². The molecule has 20 nitrogen and oxygen atoms in total. The zero-order valence-corrected chi connectivity index (χ0v) is 39.0. The predicted molar refractivity (Wildman–Crippen MR) is 231 cm³/mol. The first-order valence-corrected chi connectivity index (χ1v) is 25.5. The van der Waals surface area contributed by atoms with E-state index in [9.17, 15) is 33.3 Å². The molecule has 9 rings (SSSR count). The summed E-state index contributed by atoms with van der Waals surface area (Å²) in [6.07, 6.45) is 1.08. The smallest absolute Gasteiger partial charge is 0.431 e. The first-order valence-electron chi connectivity index (χ1n) is 23.2. The van der Waals surface area contributed by atoms with Crippen LogP contribution in [0.2, 0.25) is 0 Å². The van der Waals surface area contributed by atoms with Crippen molar-refractivity contribution in [3.8, 4) is 0 Å². The van der Waals surface area contributed by atoms with Gasteiger partial charge in [0.2, 0.25) is 31.3 Å². The molecule has 68 heavy (non-hydrogen) atoms. The Balaban J connectivity index is 0.860. The normalized spacial score (nSPS) is 26.2. The summed E-state index contributed by atoms with van der Waals surface area (Å²) >= 11 is 0.986. The Labute approximate surface area is 393 Å². The first kappa shape index (κ1) is 48.5. The van der Waals surface area contributed by atoms with Crippen LogP contribution in [0.4, 0.5) is 18.4 Å². The second-order valence-corrected chi connectivity index (χ2v) is 21.3. The Morgan fingerprint density at radius 1 is 0.750 bits per heavy atom. The number of rotatable bonds is 14. The number of hydrogen-bond donors (Lipinski definition) is 1. The third kappa shape index (κ3) is 10.8. The zero-order chi connectivity index (χ0) is 47.6. The molecule has 6 aliphatic heterocycles. The van der Waals surface area contributed by atoms with E-state index in [1.807, 2.05) is 0 Å². The molecule has 1 aromatic carbocycles. The Kier molecular flexibility index (Phi) is 14.9. The van der Waals surface area contributed by atoms with E-state index in [2.05, 4.69) is 5.32 Å². The maximum Gasteiger partial charge on any atom is 0.510 e. The zero-order valence-electron chi connectivity index (χ0n) is 37.3. The molecule has 7 heterocycles. The van der Waals surface area contributed by atoms with Crippen molar-refractivity contribution in [1.29, 1.82) is 0 Å². The predicted octanol–water partition coefficient (Wildman–Crippen LogP) is 4.96. The summed E-state index contributed by atoms with van der Waals surface area (Å²) < 4.78 is 93.2. The van der Waals surface area contributed by atoms with E-state index in [4.69, 9.17) is 42.2 Å². The van der Waals surface area contributed by atoms with Gasteiger partial charge in [-0.1, -0.05) is 6.07 Å². The third-order valence-electron chi connectivity index (χ3n) is 13.8. The van der Waals surface area contributed by atoms with E-state index in [1.54, 1.807) is 14.7 Å². The number of benzene rings is 1. The molecule has 1 aromatic heterocycles. The molecule has 1 N–H and O–H groups in total. The molecule has 0 bridgehead atoms. The molecule has 1 aliphatic carbocycles. The van der Waals surface area contributed by atoms with E-state index in [-0.39, 0.29) is 59.0 Å². The van der Waals surface area contributed by atoms with Gasteiger partial charge in [0.05, 0.1) is 50.4 Å². The quantitative estimate of drug-likeness (QED) is 0.150. The van der Waals surface area contributed by atoms with Crippen LogP contribution in [0.3, 0.4) is 0 Å². The second kappa shape index (κ2) is 20.8. The van der Waals surface area contributed by atoms with Gasteiger partial charge in [-0.05, 0) is 67.5 Å². The molecule has 372 valence electrons. The lowest BCUT2D eigenvalue weighted by atomic mass is 9.96. The Hall–Kier alpha value is -4.51. The number of morpholine rings is 1. The van der Waals surface area contributed by atoms with E-state index in [0.717, 1.165) is 36.3 Å². The minimum absolute atomic E-state index is 0.000142. The second-order valence-electron chi connectivity index (χ2n) is 18.2. The lowest BCUT2D eigenvalue weighted by molar-refractivity contribution is -0.156. The number of ether oxygens (including phenoxy) is 7.